The summed E-state index contributed by atoms with van der Waals surface area (Å²) in [5.41, 5.74) is 3.94. The van der Waals surface area contributed by atoms with Crippen LogP contribution in [0.3, 0.4) is 0 Å². The van der Waals surface area contributed by atoms with Crippen LogP contribution in [0.15, 0.2) is 66.9 Å². The number of hydrogen-bond donors (Lipinski definition) is 2. The number of aromatic hydroxyl groups is 1. The summed E-state index contributed by atoms with van der Waals surface area (Å²) >= 11 is 6.20. The molecule has 4 heteroatoms. The molecule has 0 atom stereocenters. The van der Waals surface area contributed by atoms with Crippen molar-refractivity contribution in [1.29, 1.82) is 0 Å². The quantitative estimate of drug-likeness (QED) is 0.684. The molecule has 0 saturated carbocycles. The third-order valence-corrected chi connectivity index (χ3v) is 3.98. The number of para-hydroxylation sites is 1. The van der Waals surface area contributed by atoms with Gasteiger partial charge in [-0.1, -0.05) is 60.1 Å². The Labute approximate surface area is 140 Å². The van der Waals surface area contributed by atoms with Crippen molar-refractivity contribution in [2.45, 2.75) is 13.1 Å². The van der Waals surface area contributed by atoms with Crippen molar-refractivity contribution in [3.63, 3.8) is 0 Å². The first-order valence-electron chi connectivity index (χ1n) is 7.41. The zero-order valence-corrected chi connectivity index (χ0v) is 13.3. The highest BCUT2D eigenvalue weighted by Gasteiger charge is 2.06. The molecule has 0 bridgehead atoms. The van der Waals surface area contributed by atoms with Crippen LogP contribution < -0.4 is 5.32 Å². The first kappa shape index (κ1) is 15.5. The lowest BCUT2D eigenvalue weighted by Gasteiger charge is -2.09. The molecule has 2 aromatic carbocycles. The molecule has 0 spiro atoms. The second-order valence-electron chi connectivity index (χ2n) is 5.27. The lowest BCUT2D eigenvalue weighted by Crippen LogP contribution is -2.13. The van der Waals surface area contributed by atoms with Gasteiger partial charge in [0.15, 0.2) is 0 Å². The van der Waals surface area contributed by atoms with E-state index < -0.39 is 0 Å². The van der Waals surface area contributed by atoms with Crippen LogP contribution in [0.5, 0.6) is 5.75 Å². The monoisotopic (exact) mass is 324 g/mol. The van der Waals surface area contributed by atoms with Gasteiger partial charge in [-0.25, -0.2) is 4.98 Å². The maximum Gasteiger partial charge on any atom is 0.133 e. The maximum absolute atomic E-state index is 9.78. The van der Waals surface area contributed by atoms with Crippen LogP contribution in [0.25, 0.3) is 11.1 Å². The van der Waals surface area contributed by atoms with Gasteiger partial charge in [0.2, 0.25) is 0 Å². The van der Waals surface area contributed by atoms with E-state index in [-0.39, 0.29) is 0 Å². The van der Waals surface area contributed by atoms with Gasteiger partial charge in [-0.3, -0.25) is 0 Å². The summed E-state index contributed by atoms with van der Waals surface area (Å²) in [7, 11) is 0. The van der Waals surface area contributed by atoms with E-state index in [1.54, 1.807) is 12.3 Å². The van der Waals surface area contributed by atoms with Crippen LogP contribution in [-0.4, -0.2) is 10.1 Å². The van der Waals surface area contributed by atoms with E-state index in [2.05, 4.69) is 10.3 Å². The van der Waals surface area contributed by atoms with Gasteiger partial charge < -0.3 is 10.4 Å². The number of halogens is 1. The zero-order chi connectivity index (χ0) is 16.1. The van der Waals surface area contributed by atoms with Crippen LogP contribution in [0, 0.1) is 0 Å². The summed E-state index contributed by atoms with van der Waals surface area (Å²) in [6.07, 6.45) is 1.78. The number of benzene rings is 2. The molecule has 3 nitrogen and oxygen atoms in total. The maximum atomic E-state index is 9.78. The van der Waals surface area contributed by atoms with Crippen LogP contribution >= 0.6 is 11.6 Å². The smallest absolute Gasteiger partial charge is 0.133 e. The number of hydrogen-bond acceptors (Lipinski definition) is 3. The highest BCUT2D eigenvalue weighted by Crippen LogP contribution is 2.23. The summed E-state index contributed by atoms with van der Waals surface area (Å²) < 4.78 is 0. The number of nitrogens with zero attached hydrogens (tertiary/aromatic N) is 1. The van der Waals surface area contributed by atoms with Gasteiger partial charge in [0.1, 0.15) is 10.9 Å². The molecule has 1 aromatic heterocycles. The van der Waals surface area contributed by atoms with Crippen LogP contribution in [0.4, 0.5) is 0 Å². The Morgan fingerprint density at radius 2 is 1.57 bits per heavy atom. The van der Waals surface area contributed by atoms with Crippen molar-refractivity contribution in [3.05, 3.63) is 83.1 Å². The van der Waals surface area contributed by atoms with Gasteiger partial charge in [0.05, 0.1) is 0 Å². The minimum atomic E-state index is 0.294. The molecule has 23 heavy (non-hydrogen) atoms. The lowest BCUT2D eigenvalue weighted by molar-refractivity contribution is 0.464. The highest BCUT2D eigenvalue weighted by atomic mass is 35.5. The normalized spacial score (nSPS) is 10.7. The van der Waals surface area contributed by atoms with Crippen molar-refractivity contribution in [1.82, 2.24) is 10.3 Å². The summed E-state index contributed by atoms with van der Waals surface area (Å²) in [6, 6.07) is 19.4. The lowest BCUT2D eigenvalue weighted by atomic mass is 10.1. The van der Waals surface area contributed by atoms with E-state index in [4.69, 9.17) is 11.6 Å². The van der Waals surface area contributed by atoms with E-state index in [9.17, 15) is 5.11 Å². The topological polar surface area (TPSA) is 45.1 Å². The molecule has 0 amide bonds. The van der Waals surface area contributed by atoms with Gasteiger partial charge in [0, 0.05) is 36.0 Å². The van der Waals surface area contributed by atoms with Crippen molar-refractivity contribution >= 4 is 11.6 Å². The molecule has 0 aliphatic heterocycles. The minimum Gasteiger partial charge on any atom is -0.508 e. The third kappa shape index (κ3) is 3.89. The molecule has 0 aliphatic carbocycles. The fourth-order valence-electron chi connectivity index (χ4n) is 2.40. The molecule has 0 aliphatic rings. The van der Waals surface area contributed by atoms with Gasteiger partial charge in [0.25, 0.3) is 0 Å². The molecule has 2 N–H and O–H groups in total. The Bertz CT molecular complexity index is 790. The second-order valence-corrected chi connectivity index (χ2v) is 5.63. The average molecular weight is 325 g/mol. The van der Waals surface area contributed by atoms with Gasteiger partial charge in [-0.05, 0) is 17.7 Å². The molecule has 0 unspecified atom stereocenters. The first-order valence-corrected chi connectivity index (χ1v) is 7.79. The Hall–Kier alpha value is -2.36. The molecule has 0 saturated heterocycles. The minimum absolute atomic E-state index is 0.294. The number of phenols is 1. The van der Waals surface area contributed by atoms with Gasteiger partial charge in [-0.15, -0.1) is 0 Å². The summed E-state index contributed by atoms with van der Waals surface area (Å²) in [4.78, 5) is 4.27. The molecule has 0 radical (unpaired) electrons. The predicted octanol–water partition coefficient (Wildman–Crippen LogP) is 4.40. The Morgan fingerprint density at radius 3 is 2.35 bits per heavy atom. The van der Waals surface area contributed by atoms with Crippen LogP contribution in [0.1, 0.15) is 11.1 Å². The average Bonchev–Trinajstić information content (AvgIpc) is 2.59. The third-order valence-electron chi connectivity index (χ3n) is 3.64. The number of phenolic OH excluding ortho intramolecular Hbond substituents is 1. The zero-order valence-electron chi connectivity index (χ0n) is 12.5. The van der Waals surface area contributed by atoms with Crippen molar-refractivity contribution in [2.75, 3.05) is 0 Å². The van der Waals surface area contributed by atoms with Crippen molar-refractivity contribution in [2.24, 2.45) is 0 Å². The number of pyridine rings is 1. The largest absolute Gasteiger partial charge is 0.508 e. The Balaban J connectivity index is 1.72. The number of nitrogens with one attached hydrogen (secondary N) is 1. The molecule has 0 fully saturated rings. The molecule has 3 rings (SSSR count). The van der Waals surface area contributed by atoms with E-state index in [0.29, 0.717) is 24.0 Å². The molecule has 1 heterocycles. The molecular weight excluding hydrogens is 308 g/mol. The predicted molar refractivity (Wildman–Crippen MR) is 93.3 cm³/mol. The van der Waals surface area contributed by atoms with Crippen molar-refractivity contribution < 1.29 is 5.11 Å². The van der Waals surface area contributed by atoms with Gasteiger partial charge >= 0.3 is 0 Å². The molecule has 116 valence electrons. The number of aromatic nitrogens is 1. The summed E-state index contributed by atoms with van der Waals surface area (Å²) in [6.45, 7) is 1.15. The summed E-state index contributed by atoms with van der Waals surface area (Å²) in [5, 5.41) is 13.6. The van der Waals surface area contributed by atoms with Crippen molar-refractivity contribution in [3.8, 4) is 16.9 Å². The number of rotatable bonds is 5. The van der Waals surface area contributed by atoms with E-state index in [1.807, 2.05) is 54.6 Å². The van der Waals surface area contributed by atoms with Gasteiger partial charge in [-0.2, -0.15) is 0 Å². The highest BCUT2D eigenvalue weighted by molar-refractivity contribution is 6.30. The molecular formula is C19H17ClN2O. The SMILES string of the molecule is Oc1ccccc1CNCc1cc(-c2ccccc2)cnc1Cl. The molecule has 3 aromatic rings. The summed E-state index contributed by atoms with van der Waals surface area (Å²) in [5.74, 6) is 0.294. The first-order chi connectivity index (χ1) is 11.2. The Morgan fingerprint density at radius 1 is 0.870 bits per heavy atom. The van der Waals surface area contributed by atoms with Crippen LogP contribution in [-0.2, 0) is 13.1 Å². The van der Waals surface area contributed by atoms with Crippen LogP contribution in [0.2, 0.25) is 5.15 Å². The second kappa shape index (κ2) is 7.27. The van der Waals surface area contributed by atoms with E-state index in [0.717, 1.165) is 22.3 Å². The fourth-order valence-corrected chi connectivity index (χ4v) is 2.57. The fraction of sp³-hybridized carbons (Fsp3) is 0.105. The van der Waals surface area contributed by atoms with E-state index in [1.165, 1.54) is 0 Å². The Kier molecular flexibility index (Phi) is 4.91. The standard InChI is InChI=1S/C19H17ClN2O/c20-19-17(12-21-11-15-8-4-5-9-18(15)23)10-16(13-22-19)14-6-2-1-3-7-14/h1-10,13,21,23H,11-12H2. The van der Waals surface area contributed by atoms with E-state index >= 15 is 0 Å².